The van der Waals surface area contributed by atoms with Gasteiger partial charge in [0.1, 0.15) is 11.6 Å². The maximum atomic E-state index is 10.9. The van der Waals surface area contributed by atoms with Gasteiger partial charge >= 0.3 is 0 Å². The Labute approximate surface area is 136 Å². The van der Waals surface area contributed by atoms with Gasteiger partial charge in [-0.05, 0) is 36.2 Å². The molecule has 0 aliphatic heterocycles. The molecule has 0 fully saturated rings. The Hall–Kier alpha value is -2.33. The number of aromatic nitrogens is 2. The van der Waals surface area contributed by atoms with Crippen LogP contribution in [0.4, 0.5) is 0 Å². The van der Waals surface area contributed by atoms with Crippen molar-refractivity contribution < 1.29 is 9.84 Å². The second-order valence-corrected chi connectivity index (χ2v) is 5.75. The first-order valence-electron chi connectivity index (χ1n) is 7.89. The van der Waals surface area contributed by atoms with E-state index >= 15 is 0 Å². The van der Waals surface area contributed by atoms with Crippen LogP contribution in [0.1, 0.15) is 36.8 Å². The summed E-state index contributed by atoms with van der Waals surface area (Å²) in [6.07, 6.45) is 0.214. The predicted octanol–water partition coefficient (Wildman–Crippen LogP) is 3.81. The lowest BCUT2D eigenvalue weighted by Crippen LogP contribution is -2.14. The molecule has 0 amide bonds. The Balaban J connectivity index is 1.98. The summed E-state index contributed by atoms with van der Waals surface area (Å²) in [7, 11) is 3.65. The van der Waals surface area contributed by atoms with Crippen molar-refractivity contribution in [1.82, 2.24) is 9.55 Å². The topological polar surface area (TPSA) is 47.3 Å². The summed E-state index contributed by atoms with van der Waals surface area (Å²) < 4.78 is 7.26. The minimum Gasteiger partial charge on any atom is -0.497 e. The first kappa shape index (κ1) is 15.6. The number of benzene rings is 2. The Morgan fingerprint density at radius 3 is 2.43 bits per heavy atom. The molecule has 0 radical (unpaired) electrons. The third-order valence-electron chi connectivity index (χ3n) is 4.43. The van der Waals surface area contributed by atoms with E-state index in [1.165, 1.54) is 0 Å². The highest BCUT2D eigenvalue weighted by Gasteiger charge is 2.25. The lowest BCUT2D eigenvalue weighted by molar-refractivity contribution is 0.137. The van der Waals surface area contributed by atoms with Gasteiger partial charge in [0.25, 0.3) is 0 Å². The Morgan fingerprint density at radius 1 is 1.13 bits per heavy atom. The van der Waals surface area contributed by atoms with E-state index in [-0.39, 0.29) is 5.92 Å². The molecule has 2 aromatic carbocycles. The minimum atomic E-state index is -0.596. The average molecular weight is 310 g/mol. The van der Waals surface area contributed by atoms with Crippen molar-refractivity contribution in [3.8, 4) is 5.75 Å². The van der Waals surface area contributed by atoms with Gasteiger partial charge in [0, 0.05) is 13.0 Å². The summed E-state index contributed by atoms with van der Waals surface area (Å²) >= 11 is 0. The highest BCUT2D eigenvalue weighted by Crippen LogP contribution is 2.34. The summed E-state index contributed by atoms with van der Waals surface area (Å²) in [5.41, 5.74) is 2.93. The van der Waals surface area contributed by atoms with E-state index in [4.69, 9.17) is 9.72 Å². The number of aliphatic hydroxyl groups excluding tert-OH is 1. The van der Waals surface area contributed by atoms with Gasteiger partial charge in [-0.25, -0.2) is 4.98 Å². The van der Waals surface area contributed by atoms with Gasteiger partial charge in [0.2, 0.25) is 0 Å². The van der Waals surface area contributed by atoms with Crippen molar-refractivity contribution in [3.63, 3.8) is 0 Å². The SMILES string of the molecule is CCC(c1nc2ccccc2n1C)C(O)c1ccc(OC)cc1. The zero-order chi connectivity index (χ0) is 16.4. The molecule has 120 valence electrons. The Kier molecular flexibility index (Phi) is 4.35. The molecule has 1 heterocycles. The number of imidazole rings is 1. The van der Waals surface area contributed by atoms with Crippen molar-refractivity contribution in [2.24, 2.45) is 7.05 Å². The minimum absolute atomic E-state index is 0.0548. The second-order valence-electron chi connectivity index (χ2n) is 5.75. The predicted molar refractivity (Wildman–Crippen MR) is 91.7 cm³/mol. The molecule has 2 unspecified atom stereocenters. The zero-order valence-corrected chi connectivity index (χ0v) is 13.7. The molecule has 2 atom stereocenters. The van der Waals surface area contributed by atoms with Crippen LogP contribution in [0.5, 0.6) is 5.75 Å². The van der Waals surface area contributed by atoms with E-state index in [1.807, 2.05) is 49.5 Å². The first-order valence-corrected chi connectivity index (χ1v) is 7.89. The lowest BCUT2D eigenvalue weighted by Gasteiger charge is -2.22. The molecule has 0 saturated carbocycles. The second kappa shape index (κ2) is 6.42. The number of nitrogens with zero attached hydrogens (tertiary/aromatic N) is 2. The number of methoxy groups -OCH3 is 1. The third kappa shape index (κ3) is 2.82. The maximum absolute atomic E-state index is 10.9. The molecule has 4 nitrogen and oxygen atoms in total. The van der Waals surface area contributed by atoms with Crippen molar-refractivity contribution in [2.45, 2.75) is 25.4 Å². The third-order valence-corrected chi connectivity index (χ3v) is 4.43. The highest BCUT2D eigenvalue weighted by molar-refractivity contribution is 5.75. The van der Waals surface area contributed by atoms with Gasteiger partial charge in [-0.3, -0.25) is 0 Å². The lowest BCUT2D eigenvalue weighted by atomic mass is 9.92. The van der Waals surface area contributed by atoms with Crippen molar-refractivity contribution in [1.29, 1.82) is 0 Å². The fraction of sp³-hybridized carbons (Fsp3) is 0.316. The number of para-hydroxylation sites is 2. The fourth-order valence-corrected chi connectivity index (χ4v) is 3.08. The van der Waals surface area contributed by atoms with Gasteiger partial charge < -0.3 is 14.4 Å². The fourth-order valence-electron chi connectivity index (χ4n) is 3.08. The molecule has 1 aromatic heterocycles. The summed E-state index contributed by atoms with van der Waals surface area (Å²) in [6, 6.07) is 15.6. The van der Waals surface area contributed by atoms with Gasteiger partial charge in [-0.1, -0.05) is 31.2 Å². The quantitative estimate of drug-likeness (QED) is 0.779. The van der Waals surface area contributed by atoms with Crippen LogP contribution in [0.25, 0.3) is 11.0 Å². The zero-order valence-electron chi connectivity index (χ0n) is 13.7. The number of fused-ring (bicyclic) bond motifs is 1. The highest BCUT2D eigenvalue weighted by atomic mass is 16.5. The number of hydrogen-bond acceptors (Lipinski definition) is 3. The van der Waals surface area contributed by atoms with Crippen LogP contribution in [0, 0.1) is 0 Å². The Morgan fingerprint density at radius 2 is 1.83 bits per heavy atom. The number of aliphatic hydroxyl groups is 1. The van der Waals surface area contributed by atoms with Crippen molar-refractivity contribution in [3.05, 3.63) is 59.9 Å². The largest absolute Gasteiger partial charge is 0.497 e. The molecule has 0 spiro atoms. The molecule has 4 heteroatoms. The van der Waals surface area contributed by atoms with Crippen LogP contribution in [0.15, 0.2) is 48.5 Å². The average Bonchev–Trinajstić information content (AvgIpc) is 2.93. The summed E-state index contributed by atoms with van der Waals surface area (Å²) in [5, 5.41) is 10.9. The molecule has 0 aliphatic carbocycles. The summed E-state index contributed by atoms with van der Waals surface area (Å²) in [6.45, 7) is 2.08. The van der Waals surface area contributed by atoms with E-state index in [0.29, 0.717) is 0 Å². The van der Waals surface area contributed by atoms with E-state index in [1.54, 1.807) is 7.11 Å². The van der Waals surface area contributed by atoms with Crippen LogP contribution in [-0.4, -0.2) is 21.8 Å². The molecule has 3 aromatic rings. The van der Waals surface area contributed by atoms with Gasteiger partial charge in [-0.15, -0.1) is 0 Å². The Bertz CT molecular complexity index is 793. The standard InChI is InChI=1S/C19H22N2O2/c1-4-15(18(22)13-9-11-14(23-3)12-10-13)19-20-16-7-5-6-8-17(16)21(19)2/h5-12,15,18,22H,4H2,1-3H3. The van der Waals surface area contributed by atoms with Gasteiger partial charge in [0.05, 0.1) is 24.2 Å². The first-order chi connectivity index (χ1) is 11.2. The normalized spacial score (nSPS) is 13.9. The maximum Gasteiger partial charge on any atom is 0.118 e. The van der Waals surface area contributed by atoms with Crippen LogP contribution in [0.2, 0.25) is 0 Å². The molecule has 0 saturated heterocycles. The van der Waals surface area contributed by atoms with Crippen LogP contribution in [0.3, 0.4) is 0 Å². The van der Waals surface area contributed by atoms with Gasteiger partial charge in [-0.2, -0.15) is 0 Å². The summed E-state index contributed by atoms with van der Waals surface area (Å²) in [5.74, 6) is 1.65. The molecule has 23 heavy (non-hydrogen) atoms. The van der Waals surface area contributed by atoms with Crippen molar-refractivity contribution >= 4 is 11.0 Å². The monoisotopic (exact) mass is 310 g/mol. The number of hydrogen-bond donors (Lipinski definition) is 1. The molecule has 1 N–H and O–H groups in total. The molecule has 0 aliphatic rings. The smallest absolute Gasteiger partial charge is 0.118 e. The van der Waals surface area contributed by atoms with Crippen LogP contribution < -0.4 is 4.74 Å². The van der Waals surface area contributed by atoms with Crippen LogP contribution in [-0.2, 0) is 7.05 Å². The van der Waals surface area contributed by atoms with E-state index in [0.717, 1.165) is 34.6 Å². The number of rotatable bonds is 5. The molecular weight excluding hydrogens is 288 g/mol. The summed E-state index contributed by atoms with van der Waals surface area (Å²) in [4.78, 5) is 4.74. The van der Waals surface area contributed by atoms with E-state index < -0.39 is 6.10 Å². The van der Waals surface area contributed by atoms with Crippen molar-refractivity contribution in [2.75, 3.05) is 7.11 Å². The molecular formula is C19H22N2O2. The molecule has 0 bridgehead atoms. The van der Waals surface area contributed by atoms with Gasteiger partial charge in [0.15, 0.2) is 0 Å². The number of aryl methyl sites for hydroxylation is 1. The van der Waals surface area contributed by atoms with E-state index in [2.05, 4.69) is 17.6 Å². The van der Waals surface area contributed by atoms with Crippen LogP contribution >= 0.6 is 0 Å². The van der Waals surface area contributed by atoms with E-state index in [9.17, 15) is 5.11 Å². The number of ether oxygens (including phenoxy) is 1. The molecule has 3 rings (SSSR count).